The highest BCUT2D eigenvalue weighted by Crippen LogP contribution is 2.46. The number of ether oxygens (including phenoxy) is 2. The topological polar surface area (TPSA) is 35.5 Å². The van der Waals surface area contributed by atoms with Crippen LogP contribution in [0.15, 0.2) is 11.6 Å². The molecule has 2 fully saturated rings. The van der Waals surface area contributed by atoms with E-state index in [9.17, 15) is 4.79 Å². The molecule has 0 amide bonds. The maximum atomic E-state index is 12.7. The number of fused-ring (bicyclic) bond motifs is 2. The third kappa shape index (κ3) is 1.76. The summed E-state index contributed by atoms with van der Waals surface area (Å²) in [6, 6.07) is 0. The van der Waals surface area contributed by atoms with Crippen molar-refractivity contribution in [2.75, 3.05) is 13.7 Å². The molecule has 1 heterocycles. The Kier molecular flexibility index (Phi) is 3.07. The SMILES string of the molecule is CO[C@H]1C=C2CC3OCC(C)C3C(=O)[C@H]2[C@H](C)C1. The lowest BCUT2D eigenvalue weighted by molar-refractivity contribution is -0.132. The summed E-state index contributed by atoms with van der Waals surface area (Å²) in [4.78, 5) is 12.7. The first kappa shape index (κ1) is 12.4. The van der Waals surface area contributed by atoms with Gasteiger partial charge in [0.25, 0.3) is 0 Å². The molecule has 0 aromatic rings. The van der Waals surface area contributed by atoms with Crippen molar-refractivity contribution in [1.29, 1.82) is 0 Å². The molecule has 0 spiro atoms. The van der Waals surface area contributed by atoms with Gasteiger partial charge >= 0.3 is 0 Å². The van der Waals surface area contributed by atoms with E-state index in [2.05, 4.69) is 19.9 Å². The number of methoxy groups -OCH3 is 1. The van der Waals surface area contributed by atoms with Gasteiger partial charge in [-0.15, -0.1) is 0 Å². The molecule has 0 radical (unpaired) electrons. The van der Waals surface area contributed by atoms with E-state index >= 15 is 0 Å². The van der Waals surface area contributed by atoms with Crippen LogP contribution in [0.1, 0.15) is 26.7 Å². The molecule has 3 nitrogen and oxygen atoms in total. The molecule has 3 unspecified atom stereocenters. The van der Waals surface area contributed by atoms with Gasteiger partial charge in [0.2, 0.25) is 0 Å². The normalized spacial score (nSPS) is 47.5. The molecule has 0 N–H and O–H groups in total. The van der Waals surface area contributed by atoms with Crippen LogP contribution in [0.4, 0.5) is 0 Å². The van der Waals surface area contributed by atoms with Crippen LogP contribution in [0.25, 0.3) is 0 Å². The van der Waals surface area contributed by atoms with E-state index in [1.807, 2.05) is 0 Å². The highest BCUT2D eigenvalue weighted by atomic mass is 16.5. The molecule has 100 valence electrons. The molecule has 0 bridgehead atoms. The minimum Gasteiger partial charge on any atom is -0.377 e. The van der Waals surface area contributed by atoms with Crippen molar-refractivity contribution in [3.63, 3.8) is 0 Å². The van der Waals surface area contributed by atoms with Gasteiger partial charge in [-0.25, -0.2) is 0 Å². The molecule has 1 saturated carbocycles. The Morgan fingerprint density at radius 2 is 2.11 bits per heavy atom. The molecular weight excluding hydrogens is 228 g/mol. The second-order valence-corrected chi connectivity index (χ2v) is 6.19. The van der Waals surface area contributed by atoms with Crippen LogP contribution in [-0.4, -0.2) is 31.7 Å². The van der Waals surface area contributed by atoms with Crippen LogP contribution >= 0.6 is 0 Å². The van der Waals surface area contributed by atoms with Crippen LogP contribution in [0, 0.1) is 23.7 Å². The lowest BCUT2D eigenvalue weighted by Gasteiger charge is -2.40. The highest BCUT2D eigenvalue weighted by Gasteiger charge is 2.50. The predicted octanol–water partition coefficient (Wildman–Crippen LogP) is 2.21. The van der Waals surface area contributed by atoms with Crippen molar-refractivity contribution in [2.24, 2.45) is 23.7 Å². The van der Waals surface area contributed by atoms with E-state index in [1.54, 1.807) is 7.11 Å². The van der Waals surface area contributed by atoms with Gasteiger partial charge in [-0.05, 0) is 24.7 Å². The van der Waals surface area contributed by atoms with Crippen LogP contribution in [0.2, 0.25) is 0 Å². The number of Topliss-reactive ketones (excluding diaryl/α,β-unsaturated/α-hetero) is 1. The van der Waals surface area contributed by atoms with Gasteiger partial charge in [-0.2, -0.15) is 0 Å². The van der Waals surface area contributed by atoms with Crippen molar-refractivity contribution < 1.29 is 14.3 Å². The Labute approximate surface area is 109 Å². The first-order valence-electron chi connectivity index (χ1n) is 7.00. The molecule has 3 heteroatoms. The Hall–Kier alpha value is -0.670. The van der Waals surface area contributed by atoms with E-state index in [0.717, 1.165) is 19.4 Å². The second-order valence-electron chi connectivity index (χ2n) is 6.19. The summed E-state index contributed by atoms with van der Waals surface area (Å²) in [5, 5.41) is 0. The molecule has 3 rings (SSSR count). The molecule has 1 saturated heterocycles. The first-order chi connectivity index (χ1) is 8.61. The molecule has 6 atom stereocenters. The van der Waals surface area contributed by atoms with Crippen molar-refractivity contribution in [2.45, 2.75) is 38.9 Å². The molecule has 0 aromatic carbocycles. The third-order valence-electron chi connectivity index (χ3n) is 4.93. The quantitative estimate of drug-likeness (QED) is 0.669. The van der Waals surface area contributed by atoms with Crippen LogP contribution in [0.3, 0.4) is 0 Å². The predicted molar refractivity (Wildman–Crippen MR) is 68.2 cm³/mol. The lowest BCUT2D eigenvalue weighted by Crippen LogP contribution is -2.44. The Morgan fingerprint density at radius 3 is 2.83 bits per heavy atom. The molecule has 1 aliphatic heterocycles. The van der Waals surface area contributed by atoms with Gasteiger partial charge in [-0.3, -0.25) is 4.79 Å². The van der Waals surface area contributed by atoms with Gasteiger partial charge in [0, 0.05) is 18.9 Å². The summed E-state index contributed by atoms with van der Waals surface area (Å²) in [5.74, 6) is 1.47. The maximum Gasteiger partial charge on any atom is 0.146 e. The van der Waals surface area contributed by atoms with Gasteiger partial charge < -0.3 is 9.47 Å². The van der Waals surface area contributed by atoms with E-state index in [1.165, 1.54) is 5.57 Å². The number of hydrogen-bond donors (Lipinski definition) is 0. The minimum absolute atomic E-state index is 0.123. The lowest BCUT2D eigenvalue weighted by atomic mass is 9.64. The van der Waals surface area contributed by atoms with E-state index in [0.29, 0.717) is 17.6 Å². The fraction of sp³-hybridized carbons (Fsp3) is 0.800. The molecular formula is C15H22O3. The number of hydrogen-bond acceptors (Lipinski definition) is 3. The molecule has 2 aliphatic carbocycles. The smallest absolute Gasteiger partial charge is 0.146 e. The zero-order chi connectivity index (χ0) is 12.9. The highest BCUT2D eigenvalue weighted by molar-refractivity contribution is 5.89. The maximum absolute atomic E-state index is 12.7. The zero-order valence-corrected chi connectivity index (χ0v) is 11.4. The summed E-state index contributed by atoms with van der Waals surface area (Å²) < 4.78 is 11.2. The summed E-state index contributed by atoms with van der Waals surface area (Å²) in [5.41, 5.74) is 1.26. The number of carbonyl (C=O) groups excluding carboxylic acids is 1. The second kappa shape index (κ2) is 4.46. The average molecular weight is 250 g/mol. The van der Waals surface area contributed by atoms with E-state index in [-0.39, 0.29) is 24.0 Å². The monoisotopic (exact) mass is 250 g/mol. The summed E-state index contributed by atoms with van der Waals surface area (Å²) in [6.45, 7) is 5.06. The van der Waals surface area contributed by atoms with Crippen LogP contribution in [-0.2, 0) is 14.3 Å². The van der Waals surface area contributed by atoms with Gasteiger partial charge in [0.05, 0.1) is 18.8 Å². The van der Waals surface area contributed by atoms with Crippen LogP contribution in [0.5, 0.6) is 0 Å². The van der Waals surface area contributed by atoms with Crippen molar-refractivity contribution >= 4 is 5.78 Å². The number of rotatable bonds is 1. The third-order valence-corrected chi connectivity index (χ3v) is 4.93. The zero-order valence-electron chi connectivity index (χ0n) is 11.4. The fourth-order valence-corrected chi connectivity index (χ4v) is 4.04. The average Bonchev–Trinajstić information content (AvgIpc) is 2.70. The first-order valence-corrected chi connectivity index (χ1v) is 7.00. The Bertz CT molecular complexity index is 387. The van der Waals surface area contributed by atoms with Crippen LogP contribution < -0.4 is 0 Å². The van der Waals surface area contributed by atoms with Gasteiger partial charge in [0.1, 0.15) is 5.78 Å². The molecule has 3 aliphatic rings. The minimum atomic E-state index is 0.123. The largest absolute Gasteiger partial charge is 0.377 e. The summed E-state index contributed by atoms with van der Waals surface area (Å²) in [6.07, 6.45) is 4.36. The number of ketones is 1. The standard InChI is InChI=1S/C15H22O3/c1-8-4-11(17-3)5-10-6-12-14(9(2)7-18-12)15(16)13(8)10/h5,8-9,11-14H,4,6-7H2,1-3H3/t8-,9?,11-,12?,13+,14?/m1/s1. The molecule has 18 heavy (non-hydrogen) atoms. The van der Waals surface area contributed by atoms with Crippen molar-refractivity contribution in [3.8, 4) is 0 Å². The Balaban J connectivity index is 1.92. The van der Waals surface area contributed by atoms with E-state index in [4.69, 9.17) is 9.47 Å². The Morgan fingerprint density at radius 1 is 1.33 bits per heavy atom. The number of carbonyl (C=O) groups is 1. The summed E-state index contributed by atoms with van der Waals surface area (Å²) >= 11 is 0. The van der Waals surface area contributed by atoms with E-state index < -0.39 is 0 Å². The van der Waals surface area contributed by atoms with Crippen molar-refractivity contribution in [3.05, 3.63) is 11.6 Å². The summed E-state index contributed by atoms with van der Waals surface area (Å²) in [7, 11) is 1.75. The molecule has 0 aromatic heterocycles. The van der Waals surface area contributed by atoms with Gasteiger partial charge in [0.15, 0.2) is 0 Å². The van der Waals surface area contributed by atoms with Crippen molar-refractivity contribution in [1.82, 2.24) is 0 Å². The fourth-order valence-electron chi connectivity index (χ4n) is 4.04. The van der Waals surface area contributed by atoms with Gasteiger partial charge in [-0.1, -0.05) is 25.5 Å².